The van der Waals surface area contributed by atoms with Crippen molar-refractivity contribution in [3.8, 4) is 5.75 Å². The van der Waals surface area contributed by atoms with Gasteiger partial charge < -0.3 is 4.74 Å². The third-order valence-corrected chi connectivity index (χ3v) is 4.80. The predicted molar refractivity (Wildman–Crippen MR) is 101 cm³/mol. The van der Waals surface area contributed by atoms with Gasteiger partial charge in [0.25, 0.3) is 5.91 Å². The molecule has 0 saturated heterocycles. The monoisotopic (exact) mass is 400 g/mol. The molecule has 8 heteroatoms. The van der Waals surface area contributed by atoms with Crippen LogP contribution < -0.4 is 15.6 Å². The number of amides is 2. The Morgan fingerprint density at radius 1 is 1.16 bits per heavy atom. The number of thiophene rings is 1. The van der Waals surface area contributed by atoms with Gasteiger partial charge in [0.15, 0.2) is 0 Å². The molecule has 0 radical (unpaired) electrons. The molecular weight excluding hydrogens is 383 g/mol. The molecule has 0 saturated carbocycles. The highest BCUT2D eigenvalue weighted by molar-refractivity contribution is 7.12. The Morgan fingerprint density at radius 2 is 1.92 bits per heavy atom. The smallest absolute Gasteiger partial charge is 0.270 e. The van der Waals surface area contributed by atoms with Gasteiger partial charge >= 0.3 is 0 Å². The van der Waals surface area contributed by atoms with Gasteiger partial charge in [0.1, 0.15) is 5.75 Å². The molecule has 0 fully saturated rings. The number of aryl methyl sites for hydroxylation is 2. The Labute approximate surface area is 160 Å². The highest BCUT2D eigenvalue weighted by atomic mass is 35.5. The first-order chi connectivity index (χ1) is 11.9. The zero-order chi connectivity index (χ0) is 18.4. The van der Waals surface area contributed by atoms with Crippen LogP contribution in [0.4, 0.5) is 0 Å². The number of ether oxygens (including phenoxy) is 1. The second kappa shape index (κ2) is 9.08. The molecule has 134 valence electrons. The van der Waals surface area contributed by atoms with Crippen molar-refractivity contribution in [3.63, 3.8) is 0 Å². The van der Waals surface area contributed by atoms with Gasteiger partial charge in [-0.05, 0) is 44.5 Å². The number of hydrogen-bond donors (Lipinski definition) is 2. The van der Waals surface area contributed by atoms with Crippen molar-refractivity contribution >= 4 is 46.4 Å². The molecule has 1 aromatic carbocycles. The summed E-state index contributed by atoms with van der Waals surface area (Å²) < 4.78 is 5.50. The number of hydrogen-bond acceptors (Lipinski definition) is 4. The van der Waals surface area contributed by atoms with Gasteiger partial charge in [-0.3, -0.25) is 20.4 Å². The first-order valence-corrected chi connectivity index (χ1v) is 9.18. The van der Waals surface area contributed by atoms with Crippen LogP contribution in [-0.4, -0.2) is 18.4 Å². The molecule has 2 rings (SSSR count). The molecular formula is C17H18Cl2N2O3S. The van der Waals surface area contributed by atoms with E-state index in [2.05, 4.69) is 10.9 Å². The molecule has 0 spiro atoms. The van der Waals surface area contributed by atoms with Crippen LogP contribution in [0.5, 0.6) is 5.75 Å². The minimum Gasteiger partial charge on any atom is -0.492 e. The molecule has 2 N–H and O–H groups in total. The lowest BCUT2D eigenvalue weighted by atomic mass is 10.2. The van der Waals surface area contributed by atoms with Crippen molar-refractivity contribution in [3.05, 3.63) is 49.6 Å². The van der Waals surface area contributed by atoms with Gasteiger partial charge in [-0.2, -0.15) is 0 Å². The Bertz CT molecular complexity index is 777. The summed E-state index contributed by atoms with van der Waals surface area (Å²) in [7, 11) is 0. The highest BCUT2D eigenvalue weighted by Crippen LogP contribution is 2.27. The number of carbonyl (C=O) groups is 2. The lowest BCUT2D eigenvalue weighted by Crippen LogP contribution is -2.41. The van der Waals surface area contributed by atoms with Gasteiger partial charge in [0.05, 0.1) is 17.2 Å². The molecule has 0 atom stereocenters. The molecule has 1 heterocycles. The van der Waals surface area contributed by atoms with Gasteiger partial charge in [-0.25, -0.2) is 0 Å². The maximum atomic E-state index is 12.0. The zero-order valence-electron chi connectivity index (χ0n) is 13.8. The van der Waals surface area contributed by atoms with E-state index in [0.717, 1.165) is 9.75 Å². The zero-order valence-corrected chi connectivity index (χ0v) is 16.1. The Kier molecular flexibility index (Phi) is 7.11. The SMILES string of the molecule is Cc1cc(C(=O)NNC(=O)CCCOc2ccc(Cl)cc2Cl)c(C)s1. The standard InChI is InChI=1S/C17H18Cl2N2O3S/c1-10-8-13(11(2)25-10)17(23)21-20-16(22)4-3-7-24-15-6-5-12(18)9-14(15)19/h5-6,8-9H,3-4,7H2,1-2H3,(H,20,22)(H,21,23). The van der Waals surface area contributed by atoms with Crippen LogP contribution in [0.25, 0.3) is 0 Å². The Balaban J connectivity index is 1.69. The van der Waals surface area contributed by atoms with E-state index in [-0.39, 0.29) is 18.2 Å². The lowest BCUT2D eigenvalue weighted by Gasteiger charge is -2.09. The van der Waals surface area contributed by atoms with Crippen LogP contribution in [0, 0.1) is 13.8 Å². The number of benzene rings is 1. The van der Waals surface area contributed by atoms with E-state index in [4.69, 9.17) is 27.9 Å². The van der Waals surface area contributed by atoms with E-state index in [1.165, 1.54) is 11.3 Å². The van der Waals surface area contributed by atoms with E-state index in [1.807, 2.05) is 13.8 Å². The number of rotatable bonds is 6. The predicted octanol–water partition coefficient (Wildman–Crippen LogP) is 4.29. The molecule has 0 aliphatic carbocycles. The first-order valence-electron chi connectivity index (χ1n) is 7.61. The fourth-order valence-corrected chi connectivity index (χ4v) is 3.50. The molecule has 5 nitrogen and oxygen atoms in total. The topological polar surface area (TPSA) is 67.4 Å². The molecule has 0 bridgehead atoms. The second-order valence-electron chi connectivity index (χ2n) is 5.36. The van der Waals surface area contributed by atoms with Crippen LogP contribution >= 0.6 is 34.5 Å². The average Bonchev–Trinajstić information content (AvgIpc) is 2.89. The molecule has 25 heavy (non-hydrogen) atoms. The van der Waals surface area contributed by atoms with Crippen LogP contribution in [0.15, 0.2) is 24.3 Å². The summed E-state index contributed by atoms with van der Waals surface area (Å²) in [5, 5.41) is 0.953. The summed E-state index contributed by atoms with van der Waals surface area (Å²) in [6, 6.07) is 6.75. The Morgan fingerprint density at radius 3 is 2.56 bits per heavy atom. The molecule has 0 aliphatic rings. The van der Waals surface area contributed by atoms with E-state index in [1.54, 1.807) is 24.3 Å². The van der Waals surface area contributed by atoms with Crippen molar-refractivity contribution in [2.75, 3.05) is 6.61 Å². The summed E-state index contributed by atoms with van der Waals surface area (Å²) in [5.41, 5.74) is 5.39. The van der Waals surface area contributed by atoms with Crippen molar-refractivity contribution in [2.24, 2.45) is 0 Å². The van der Waals surface area contributed by atoms with Crippen molar-refractivity contribution in [1.82, 2.24) is 10.9 Å². The third-order valence-electron chi connectivity index (χ3n) is 3.30. The van der Waals surface area contributed by atoms with Crippen LogP contribution in [0.3, 0.4) is 0 Å². The summed E-state index contributed by atoms with van der Waals surface area (Å²) in [6.45, 7) is 4.12. The molecule has 0 aliphatic heterocycles. The third kappa shape index (κ3) is 5.92. The quantitative estimate of drug-likeness (QED) is 0.561. The van der Waals surface area contributed by atoms with Gasteiger partial charge in [-0.1, -0.05) is 23.2 Å². The summed E-state index contributed by atoms with van der Waals surface area (Å²) >= 11 is 13.3. The fourth-order valence-electron chi connectivity index (χ4n) is 2.12. The minimum absolute atomic E-state index is 0.215. The van der Waals surface area contributed by atoms with E-state index in [0.29, 0.717) is 34.4 Å². The van der Waals surface area contributed by atoms with E-state index < -0.39 is 0 Å². The largest absolute Gasteiger partial charge is 0.492 e. The van der Waals surface area contributed by atoms with Gasteiger partial charge in [-0.15, -0.1) is 11.3 Å². The maximum absolute atomic E-state index is 12.0. The first kappa shape index (κ1) is 19.6. The minimum atomic E-state index is -0.320. The van der Waals surface area contributed by atoms with E-state index >= 15 is 0 Å². The van der Waals surface area contributed by atoms with Crippen LogP contribution in [0.2, 0.25) is 10.0 Å². The normalized spacial score (nSPS) is 10.4. The second-order valence-corrected chi connectivity index (χ2v) is 7.66. The van der Waals surface area contributed by atoms with Crippen LogP contribution in [-0.2, 0) is 4.79 Å². The summed E-state index contributed by atoms with van der Waals surface area (Å²) in [5.74, 6) is -0.0914. The van der Waals surface area contributed by atoms with Crippen molar-refractivity contribution in [2.45, 2.75) is 26.7 Å². The number of halogens is 2. The highest BCUT2D eigenvalue weighted by Gasteiger charge is 2.12. The maximum Gasteiger partial charge on any atom is 0.270 e. The van der Waals surface area contributed by atoms with Gasteiger partial charge in [0, 0.05) is 21.2 Å². The van der Waals surface area contributed by atoms with Gasteiger partial charge in [0.2, 0.25) is 5.91 Å². The summed E-state index contributed by atoms with van der Waals surface area (Å²) in [4.78, 5) is 25.7. The van der Waals surface area contributed by atoms with Crippen molar-refractivity contribution in [1.29, 1.82) is 0 Å². The lowest BCUT2D eigenvalue weighted by molar-refractivity contribution is -0.122. The molecule has 2 amide bonds. The Hall–Kier alpha value is -1.76. The molecule has 0 unspecified atom stereocenters. The number of hydrazine groups is 1. The van der Waals surface area contributed by atoms with Crippen LogP contribution in [0.1, 0.15) is 33.0 Å². The fraction of sp³-hybridized carbons (Fsp3) is 0.294. The number of carbonyl (C=O) groups excluding carboxylic acids is 2. The average molecular weight is 401 g/mol. The van der Waals surface area contributed by atoms with E-state index in [9.17, 15) is 9.59 Å². The van der Waals surface area contributed by atoms with Crippen molar-refractivity contribution < 1.29 is 14.3 Å². The molecule has 2 aromatic rings. The number of nitrogens with one attached hydrogen (secondary N) is 2. The molecule has 1 aromatic heterocycles. The summed E-state index contributed by atoms with van der Waals surface area (Å²) in [6.07, 6.45) is 0.699.